The molecule has 7 heteroatoms. The predicted molar refractivity (Wildman–Crippen MR) is 111 cm³/mol. The maximum Gasteiger partial charge on any atom is 0.254 e. The first-order valence-corrected chi connectivity index (χ1v) is 9.21. The van der Waals surface area contributed by atoms with Gasteiger partial charge in [-0.1, -0.05) is 11.6 Å². The van der Waals surface area contributed by atoms with Gasteiger partial charge in [0.2, 0.25) is 0 Å². The number of aromatic amines is 1. The number of aliphatic hydroxyl groups excluding tert-OH is 1. The smallest absolute Gasteiger partial charge is 0.254 e. The molecule has 0 unspecified atom stereocenters. The maximum atomic E-state index is 13.0. The van der Waals surface area contributed by atoms with Gasteiger partial charge in [0.25, 0.3) is 11.5 Å². The van der Waals surface area contributed by atoms with Crippen molar-refractivity contribution >= 4 is 16.8 Å². The molecule has 0 bridgehead atoms. The lowest BCUT2D eigenvalue weighted by Gasteiger charge is -2.22. The summed E-state index contributed by atoms with van der Waals surface area (Å²) >= 11 is 0. The number of pyridine rings is 1. The van der Waals surface area contributed by atoms with Gasteiger partial charge < -0.3 is 24.5 Å². The van der Waals surface area contributed by atoms with Gasteiger partial charge in [0.15, 0.2) is 11.5 Å². The van der Waals surface area contributed by atoms with Crippen LogP contribution in [0.5, 0.6) is 11.5 Å². The lowest BCUT2D eigenvalue weighted by atomic mass is 10.1. The van der Waals surface area contributed by atoms with E-state index < -0.39 is 0 Å². The van der Waals surface area contributed by atoms with Crippen LogP contribution in [-0.2, 0) is 6.54 Å². The number of fused-ring (bicyclic) bond motifs is 1. The normalized spacial score (nSPS) is 10.8. The lowest BCUT2D eigenvalue weighted by molar-refractivity contribution is 0.0707. The Morgan fingerprint density at radius 2 is 1.83 bits per heavy atom. The molecule has 3 rings (SSSR count). The van der Waals surface area contributed by atoms with Gasteiger partial charge >= 0.3 is 0 Å². The summed E-state index contributed by atoms with van der Waals surface area (Å²) in [5.41, 5.74) is 2.38. The van der Waals surface area contributed by atoms with Crippen molar-refractivity contribution in [3.05, 3.63) is 69.5 Å². The molecule has 1 amide bonds. The van der Waals surface area contributed by atoms with Crippen molar-refractivity contribution in [2.45, 2.75) is 13.5 Å². The van der Waals surface area contributed by atoms with Gasteiger partial charge in [-0.3, -0.25) is 9.59 Å². The molecule has 7 nitrogen and oxygen atoms in total. The van der Waals surface area contributed by atoms with Crippen LogP contribution in [0.15, 0.2) is 47.3 Å². The number of amides is 1. The van der Waals surface area contributed by atoms with E-state index in [2.05, 4.69) is 4.98 Å². The molecule has 0 aliphatic heterocycles. The number of benzene rings is 2. The molecule has 0 fully saturated rings. The molecule has 0 atom stereocenters. The zero-order valence-electron chi connectivity index (χ0n) is 16.7. The molecule has 0 aliphatic rings. The highest BCUT2D eigenvalue weighted by Crippen LogP contribution is 2.28. The third kappa shape index (κ3) is 4.41. The Morgan fingerprint density at radius 3 is 2.52 bits per heavy atom. The van der Waals surface area contributed by atoms with Crippen LogP contribution in [0, 0.1) is 6.92 Å². The van der Waals surface area contributed by atoms with Gasteiger partial charge in [0.1, 0.15) is 0 Å². The van der Waals surface area contributed by atoms with Crippen molar-refractivity contribution in [1.82, 2.24) is 9.88 Å². The van der Waals surface area contributed by atoms with E-state index in [0.29, 0.717) is 22.6 Å². The highest BCUT2D eigenvalue weighted by molar-refractivity contribution is 5.95. The Hall–Kier alpha value is -3.32. The topological polar surface area (TPSA) is 91.9 Å². The molecule has 0 radical (unpaired) electrons. The number of carbonyl (C=O) groups excluding carboxylic acids is 1. The van der Waals surface area contributed by atoms with Crippen molar-refractivity contribution in [2.24, 2.45) is 0 Å². The van der Waals surface area contributed by atoms with Gasteiger partial charge in [-0.2, -0.15) is 0 Å². The van der Waals surface area contributed by atoms with Gasteiger partial charge in [-0.05, 0) is 48.7 Å². The fourth-order valence-corrected chi connectivity index (χ4v) is 3.22. The van der Waals surface area contributed by atoms with Gasteiger partial charge in [-0.25, -0.2) is 0 Å². The second kappa shape index (κ2) is 8.79. The molecule has 0 aliphatic carbocycles. The highest BCUT2D eigenvalue weighted by atomic mass is 16.5. The van der Waals surface area contributed by atoms with E-state index in [9.17, 15) is 14.7 Å². The quantitative estimate of drug-likeness (QED) is 0.640. The number of aliphatic hydroxyl groups is 1. The van der Waals surface area contributed by atoms with E-state index in [1.54, 1.807) is 24.3 Å². The van der Waals surface area contributed by atoms with Crippen molar-refractivity contribution in [2.75, 3.05) is 27.4 Å². The zero-order valence-corrected chi connectivity index (χ0v) is 16.7. The summed E-state index contributed by atoms with van der Waals surface area (Å²) in [5, 5.41) is 10.3. The van der Waals surface area contributed by atoms with E-state index in [4.69, 9.17) is 9.47 Å². The number of rotatable bonds is 7. The molecule has 0 spiro atoms. The summed E-state index contributed by atoms with van der Waals surface area (Å²) < 4.78 is 10.5. The van der Waals surface area contributed by atoms with Crippen LogP contribution in [0.2, 0.25) is 0 Å². The van der Waals surface area contributed by atoms with Gasteiger partial charge in [-0.15, -0.1) is 0 Å². The number of methoxy groups -OCH3 is 2. The Morgan fingerprint density at radius 1 is 1.07 bits per heavy atom. The minimum Gasteiger partial charge on any atom is -0.493 e. The monoisotopic (exact) mass is 396 g/mol. The third-order valence-electron chi connectivity index (χ3n) is 4.73. The van der Waals surface area contributed by atoms with Crippen LogP contribution in [0.25, 0.3) is 10.9 Å². The Kier molecular flexibility index (Phi) is 6.19. The van der Waals surface area contributed by atoms with Crippen LogP contribution in [-0.4, -0.2) is 48.3 Å². The molecule has 152 valence electrons. The predicted octanol–water partition coefficient (Wildman–Crippen LogP) is 2.49. The third-order valence-corrected chi connectivity index (χ3v) is 4.73. The average molecular weight is 396 g/mol. The Bertz CT molecular complexity index is 1090. The van der Waals surface area contributed by atoms with Crippen LogP contribution in [0.4, 0.5) is 0 Å². The summed E-state index contributed by atoms with van der Waals surface area (Å²) in [6.45, 7) is 1.93. The van der Waals surface area contributed by atoms with Crippen LogP contribution in [0.3, 0.4) is 0 Å². The number of hydrogen-bond donors (Lipinski definition) is 2. The van der Waals surface area contributed by atoms with E-state index in [0.717, 1.165) is 16.5 Å². The fourth-order valence-electron chi connectivity index (χ4n) is 3.22. The first-order chi connectivity index (χ1) is 14.0. The molecule has 3 aromatic rings. The summed E-state index contributed by atoms with van der Waals surface area (Å²) in [6, 6.07) is 12.4. The van der Waals surface area contributed by atoms with E-state index >= 15 is 0 Å². The molecule has 1 heterocycles. The minimum absolute atomic E-state index is 0.0763. The average Bonchev–Trinajstić information content (AvgIpc) is 2.73. The summed E-state index contributed by atoms with van der Waals surface area (Å²) in [7, 11) is 3.01. The fraction of sp³-hybridized carbons (Fsp3) is 0.273. The summed E-state index contributed by atoms with van der Waals surface area (Å²) in [6.07, 6.45) is 0. The van der Waals surface area contributed by atoms with Gasteiger partial charge in [0, 0.05) is 23.2 Å². The number of hydrogen-bond acceptors (Lipinski definition) is 5. The Labute approximate surface area is 168 Å². The second-order valence-electron chi connectivity index (χ2n) is 6.73. The number of H-pyrrole nitrogens is 1. The minimum atomic E-state index is -0.316. The van der Waals surface area contributed by atoms with Crippen molar-refractivity contribution < 1.29 is 19.4 Å². The zero-order chi connectivity index (χ0) is 21.0. The Balaban J connectivity index is 1.94. The molecule has 0 saturated carbocycles. The second-order valence-corrected chi connectivity index (χ2v) is 6.73. The van der Waals surface area contributed by atoms with E-state index in [1.807, 2.05) is 25.1 Å². The molecule has 2 N–H and O–H groups in total. The molecular weight excluding hydrogens is 372 g/mol. The first kappa shape index (κ1) is 20.4. The van der Waals surface area contributed by atoms with Crippen LogP contribution >= 0.6 is 0 Å². The number of nitrogens with zero attached hydrogens (tertiary/aromatic N) is 1. The van der Waals surface area contributed by atoms with Crippen molar-refractivity contribution in [1.29, 1.82) is 0 Å². The van der Waals surface area contributed by atoms with E-state index in [-0.39, 0.29) is 31.2 Å². The number of nitrogens with one attached hydrogen (secondary N) is 1. The van der Waals surface area contributed by atoms with E-state index in [1.165, 1.54) is 19.1 Å². The maximum absolute atomic E-state index is 13.0. The molecule has 1 aromatic heterocycles. The molecule has 0 saturated heterocycles. The van der Waals surface area contributed by atoms with Crippen molar-refractivity contribution in [3.63, 3.8) is 0 Å². The number of aryl methyl sites for hydroxylation is 1. The number of aromatic nitrogens is 1. The molecule has 2 aromatic carbocycles. The summed E-state index contributed by atoms with van der Waals surface area (Å²) in [4.78, 5) is 29.8. The van der Waals surface area contributed by atoms with Crippen molar-refractivity contribution in [3.8, 4) is 11.5 Å². The number of carbonyl (C=O) groups is 1. The highest BCUT2D eigenvalue weighted by Gasteiger charge is 2.19. The largest absolute Gasteiger partial charge is 0.493 e. The lowest BCUT2D eigenvalue weighted by Crippen LogP contribution is -2.35. The standard InChI is InChI=1S/C22H24N2O5/c1-14-4-6-18-16(10-14)11-17(21(26)23-18)13-24(8-9-25)22(27)15-5-7-19(28-2)20(12-15)29-3/h4-7,10-12,25H,8-9,13H2,1-3H3,(H,23,26). The van der Waals surface area contributed by atoms with Gasteiger partial charge in [0.05, 0.1) is 27.4 Å². The molecule has 29 heavy (non-hydrogen) atoms. The first-order valence-electron chi connectivity index (χ1n) is 9.21. The van der Waals surface area contributed by atoms with Crippen LogP contribution < -0.4 is 15.0 Å². The SMILES string of the molecule is COc1ccc(C(=O)N(CCO)Cc2cc3cc(C)ccc3[nH]c2=O)cc1OC. The van der Waals surface area contributed by atoms with Crippen LogP contribution in [0.1, 0.15) is 21.5 Å². The number of ether oxygens (including phenoxy) is 2. The molecular formula is C22H24N2O5. The summed E-state index contributed by atoms with van der Waals surface area (Å²) in [5.74, 6) is 0.629.